The highest BCUT2D eigenvalue weighted by molar-refractivity contribution is 5.42. The highest BCUT2D eigenvalue weighted by atomic mass is 19.3. The first-order valence-electron chi connectivity index (χ1n) is 6.58. The zero-order valence-corrected chi connectivity index (χ0v) is 11.8. The molecule has 9 heteroatoms. The number of hydrogen-bond acceptors (Lipinski definition) is 5. The Morgan fingerprint density at radius 3 is 2.52 bits per heavy atom. The lowest BCUT2D eigenvalue weighted by Gasteiger charge is -2.15. The van der Waals surface area contributed by atoms with E-state index in [2.05, 4.69) is 15.0 Å². The number of nitrogens with one attached hydrogen (secondary N) is 1. The second kappa shape index (κ2) is 7.32. The first kappa shape index (κ1) is 17.1. The molecule has 0 aliphatic rings. The Hall–Kier alpha value is -2.29. The van der Waals surface area contributed by atoms with Crippen LogP contribution >= 0.6 is 0 Å². The van der Waals surface area contributed by atoms with E-state index < -0.39 is 19.0 Å². The van der Waals surface area contributed by atoms with Gasteiger partial charge < -0.3 is 19.6 Å². The molecule has 0 saturated heterocycles. The molecule has 0 spiro atoms. The molecule has 2 aromatic heterocycles. The van der Waals surface area contributed by atoms with Gasteiger partial charge in [-0.15, -0.1) is 0 Å². The van der Waals surface area contributed by atoms with Crippen LogP contribution in [0, 0.1) is 0 Å². The Labute approximate surface area is 128 Å². The molecule has 2 N–H and O–H groups in total. The summed E-state index contributed by atoms with van der Waals surface area (Å²) in [5, 5.41) is 11.8. The van der Waals surface area contributed by atoms with Gasteiger partial charge in [0.1, 0.15) is 18.1 Å². The standard InChI is InChI=1S/C14H14F4N2O3/c15-13(16)14(17,18)8-22-12-4-1-9(5-20-12)19-6-10-2-3-11(7-21)23-10/h1-5,13,19,21H,6-8H2. The monoisotopic (exact) mass is 334 g/mol. The topological polar surface area (TPSA) is 67.5 Å². The summed E-state index contributed by atoms with van der Waals surface area (Å²) in [6.07, 6.45) is -2.48. The number of rotatable bonds is 8. The predicted octanol–water partition coefficient (Wildman–Crippen LogP) is 3.06. The van der Waals surface area contributed by atoms with Crippen molar-refractivity contribution in [3.8, 4) is 5.88 Å². The second-order valence-electron chi connectivity index (χ2n) is 4.62. The number of halogens is 4. The summed E-state index contributed by atoms with van der Waals surface area (Å²) in [5.74, 6) is -3.38. The molecule has 5 nitrogen and oxygen atoms in total. The highest BCUT2D eigenvalue weighted by Crippen LogP contribution is 2.24. The molecule has 0 amide bonds. The number of aromatic nitrogens is 1. The van der Waals surface area contributed by atoms with Crippen molar-refractivity contribution in [2.45, 2.75) is 25.5 Å². The average Bonchev–Trinajstić information content (AvgIpc) is 3.00. The number of alkyl halides is 4. The number of aliphatic hydroxyl groups excluding tert-OH is 1. The molecule has 2 rings (SSSR count). The van der Waals surface area contributed by atoms with Crippen LogP contribution < -0.4 is 10.1 Å². The fourth-order valence-corrected chi connectivity index (χ4v) is 1.59. The van der Waals surface area contributed by atoms with Crippen molar-refractivity contribution >= 4 is 5.69 Å². The Bertz CT molecular complexity index is 617. The molecule has 0 saturated carbocycles. The minimum absolute atomic E-state index is 0.184. The van der Waals surface area contributed by atoms with Gasteiger partial charge in [-0.05, 0) is 18.2 Å². The molecule has 2 heterocycles. The van der Waals surface area contributed by atoms with Gasteiger partial charge in [-0.1, -0.05) is 0 Å². The molecular weight excluding hydrogens is 320 g/mol. The van der Waals surface area contributed by atoms with E-state index in [9.17, 15) is 17.6 Å². The SMILES string of the molecule is OCc1ccc(CNc2ccc(OCC(F)(F)C(F)F)nc2)o1. The molecule has 0 unspecified atom stereocenters. The van der Waals surface area contributed by atoms with Crippen LogP contribution in [0.4, 0.5) is 23.2 Å². The summed E-state index contributed by atoms with van der Waals surface area (Å²) >= 11 is 0. The Kier molecular flexibility index (Phi) is 5.43. The molecule has 0 aliphatic carbocycles. The van der Waals surface area contributed by atoms with Crippen LogP contribution in [0.1, 0.15) is 11.5 Å². The summed E-state index contributed by atoms with van der Waals surface area (Å²) in [6, 6.07) is 6.11. The third-order valence-electron chi connectivity index (χ3n) is 2.81. The number of nitrogens with zero attached hydrogens (tertiary/aromatic N) is 1. The minimum atomic E-state index is -4.22. The van der Waals surface area contributed by atoms with Gasteiger partial charge in [0.2, 0.25) is 5.88 Å². The maximum atomic E-state index is 12.7. The van der Waals surface area contributed by atoms with Crippen molar-refractivity contribution in [1.82, 2.24) is 4.98 Å². The van der Waals surface area contributed by atoms with Crippen LogP contribution in [0.2, 0.25) is 0 Å². The number of aliphatic hydroxyl groups is 1. The first-order chi connectivity index (χ1) is 10.9. The van der Waals surface area contributed by atoms with Crippen LogP contribution in [0.15, 0.2) is 34.9 Å². The molecule has 0 aromatic carbocycles. The largest absolute Gasteiger partial charge is 0.471 e. The van der Waals surface area contributed by atoms with Crippen LogP contribution in [0.5, 0.6) is 5.88 Å². The Balaban J connectivity index is 1.84. The van der Waals surface area contributed by atoms with Crippen LogP contribution in [0.25, 0.3) is 0 Å². The van der Waals surface area contributed by atoms with Crippen molar-refractivity contribution in [1.29, 1.82) is 0 Å². The van der Waals surface area contributed by atoms with Crippen LogP contribution in [0.3, 0.4) is 0 Å². The lowest BCUT2D eigenvalue weighted by Crippen LogP contribution is -2.33. The smallest absolute Gasteiger partial charge is 0.340 e. The third kappa shape index (κ3) is 4.85. The molecule has 2 aromatic rings. The van der Waals surface area contributed by atoms with Crippen LogP contribution in [-0.4, -0.2) is 29.0 Å². The molecule has 0 aliphatic heterocycles. The van der Waals surface area contributed by atoms with Crippen molar-refractivity contribution < 1.29 is 31.8 Å². The zero-order valence-electron chi connectivity index (χ0n) is 11.8. The predicted molar refractivity (Wildman–Crippen MR) is 72.6 cm³/mol. The van der Waals surface area contributed by atoms with Gasteiger partial charge in [-0.3, -0.25) is 0 Å². The van der Waals surface area contributed by atoms with Crippen LogP contribution in [-0.2, 0) is 13.2 Å². The molecule has 0 radical (unpaired) electrons. The number of ether oxygens (including phenoxy) is 1. The quantitative estimate of drug-likeness (QED) is 0.726. The fraction of sp³-hybridized carbons (Fsp3) is 0.357. The summed E-state index contributed by atoms with van der Waals surface area (Å²) in [5.41, 5.74) is 0.555. The number of furan rings is 1. The fourth-order valence-electron chi connectivity index (χ4n) is 1.59. The molecule has 126 valence electrons. The summed E-state index contributed by atoms with van der Waals surface area (Å²) in [4.78, 5) is 3.74. The molecule has 0 fully saturated rings. The Morgan fingerprint density at radius 1 is 1.22 bits per heavy atom. The maximum Gasteiger partial charge on any atom is 0.340 e. The normalized spacial score (nSPS) is 11.7. The van der Waals surface area contributed by atoms with E-state index in [4.69, 9.17) is 9.52 Å². The maximum absolute atomic E-state index is 12.7. The van der Waals surface area contributed by atoms with E-state index in [1.807, 2.05) is 0 Å². The van der Waals surface area contributed by atoms with Crippen molar-refractivity contribution in [2.24, 2.45) is 0 Å². The lowest BCUT2D eigenvalue weighted by molar-refractivity contribution is -0.148. The van der Waals surface area contributed by atoms with E-state index in [1.165, 1.54) is 18.3 Å². The molecule has 0 bridgehead atoms. The van der Waals surface area contributed by atoms with Gasteiger partial charge in [0.15, 0.2) is 6.61 Å². The van der Waals surface area contributed by atoms with E-state index in [-0.39, 0.29) is 12.5 Å². The van der Waals surface area contributed by atoms with E-state index in [1.54, 1.807) is 12.1 Å². The molecule has 0 atom stereocenters. The second-order valence-corrected chi connectivity index (χ2v) is 4.62. The summed E-state index contributed by atoms with van der Waals surface area (Å²) in [7, 11) is 0. The van der Waals surface area contributed by atoms with Gasteiger partial charge in [0, 0.05) is 6.07 Å². The zero-order chi connectivity index (χ0) is 16.9. The summed E-state index contributed by atoms with van der Waals surface area (Å²) < 4.78 is 59.2. The van der Waals surface area contributed by atoms with E-state index in [0.717, 1.165) is 0 Å². The van der Waals surface area contributed by atoms with Crippen molar-refractivity contribution in [2.75, 3.05) is 11.9 Å². The lowest BCUT2D eigenvalue weighted by atomic mass is 10.3. The van der Waals surface area contributed by atoms with Crippen molar-refractivity contribution in [3.05, 3.63) is 42.0 Å². The van der Waals surface area contributed by atoms with Gasteiger partial charge >= 0.3 is 12.3 Å². The third-order valence-corrected chi connectivity index (χ3v) is 2.81. The number of pyridine rings is 1. The molecular formula is C14H14F4N2O3. The van der Waals surface area contributed by atoms with Crippen molar-refractivity contribution in [3.63, 3.8) is 0 Å². The average molecular weight is 334 g/mol. The van der Waals surface area contributed by atoms with E-state index in [0.29, 0.717) is 23.8 Å². The van der Waals surface area contributed by atoms with Gasteiger partial charge in [-0.25, -0.2) is 13.8 Å². The number of hydrogen-bond donors (Lipinski definition) is 2. The van der Waals surface area contributed by atoms with Gasteiger partial charge in [-0.2, -0.15) is 8.78 Å². The first-order valence-corrected chi connectivity index (χ1v) is 6.58. The van der Waals surface area contributed by atoms with Gasteiger partial charge in [0.05, 0.1) is 18.4 Å². The Morgan fingerprint density at radius 2 is 1.96 bits per heavy atom. The van der Waals surface area contributed by atoms with E-state index >= 15 is 0 Å². The summed E-state index contributed by atoms with van der Waals surface area (Å²) in [6.45, 7) is -1.32. The van der Waals surface area contributed by atoms with Gasteiger partial charge in [0.25, 0.3) is 0 Å². The minimum Gasteiger partial charge on any atom is -0.471 e. The highest BCUT2D eigenvalue weighted by Gasteiger charge is 2.41. The number of anilines is 1. The molecule has 23 heavy (non-hydrogen) atoms.